The molecular weight excluding hydrogens is 194 g/mol. The van der Waals surface area contributed by atoms with Crippen molar-refractivity contribution in [3.8, 4) is 0 Å². The average Bonchev–Trinajstić information content (AvgIpc) is 2.45. The Morgan fingerprint density at radius 3 is 2.36 bits per heavy atom. The molecule has 3 heteroatoms. The molecule has 0 spiro atoms. The number of ketones is 1. The maximum absolute atomic E-state index is 12.0. The molecule has 1 heterocycles. The molecular formula is C11H21NOS. The first-order chi connectivity index (χ1) is 6.45. The van der Waals surface area contributed by atoms with Crippen LogP contribution in [0, 0.1) is 5.92 Å². The number of hydrogen-bond donors (Lipinski definition) is 0. The van der Waals surface area contributed by atoms with Crippen LogP contribution in [0.15, 0.2) is 0 Å². The molecule has 1 fully saturated rings. The topological polar surface area (TPSA) is 20.3 Å². The fourth-order valence-corrected chi connectivity index (χ4v) is 3.41. The number of carbonyl (C=O) groups is 1. The first kappa shape index (κ1) is 12.1. The van der Waals surface area contributed by atoms with Crippen LogP contribution in [0.25, 0.3) is 0 Å². The molecule has 1 rings (SSSR count). The van der Waals surface area contributed by atoms with Crippen molar-refractivity contribution < 1.29 is 4.79 Å². The van der Waals surface area contributed by atoms with Crippen LogP contribution in [0.3, 0.4) is 0 Å². The van der Waals surface area contributed by atoms with Gasteiger partial charge in [0.05, 0.1) is 11.4 Å². The lowest BCUT2D eigenvalue weighted by Gasteiger charge is -2.31. The van der Waals surface area contributed by atoms with Gasteiger partial charge in [-0.25, -0.2) is 0 Å². The third-order valence-corrected chi connectivity index (χ3v) is 4.00. The molecule has 2 unspecified atom stereocenters. The van der Waals surface area contributed by atoms with Gasteiger partial charge < -0.3 is 0 Å². The number of thioether (sulfide) groups is 1. The van der Waals surface area contributed by atoms with E-state index in [0.717, 1.165) is 5.75 Å². The summed E-state index contributed by atoms with van der Waals surface area (Å²) in [5, 5.41) is 0.489. The lowest BCUT2D eigenvalue weighted by molar-refractivity contribution is -0.126. The van der Waals surface area contributed by atoms with Gasteiger partial charge in [-0.3, -0.25) is 9.69 Å². The van der Waals surface area contributed by atoms with Crippen molar-refractivity contribution in [1.29, 1.82) is 0 Å². The van der Waals surface area contributed by atoms with Gasteiger partial charge in [0, 0.05) is 17.7 Å². The van der Waals surface area contributed by atoms with E-state index in [1.165, 1.54) is 0 Å². The highest BCUT2D eigenvalue weighted by atomic mass is 32.2. The Morgan fingerprint density at radius 2 is 1.93 bits per heavy atom. The minimum Gasteiger partial charge on any atom is -0.298 e. The van der Waals surface area contributed by atoms with E-state index in [0.29, 0.717) is 17.2 Å². The summed E-state index contributed by atoms with van der Waals surface area (Å²) in [6.07, 6.45) is 0. The number of Topliss-reactive ketones (excluding diaryl/α,β-unsaturated/α-hetero) is 1. The predicted octanol–water partition coefficient (Wildman–Crippen LogP) is 2.38. The maximum atomic E-state index is 12.0. The monoisotopic (exact) mass is 215 g/mol. The van der Waals surface area contributed by atoms with Crippen LogP contribution >= 0.6 is 11.8 Å². The summed E-state index contributed by atoms with van der Waals surface area (Å²) in [4.78, 5) is 14.3. The van der Waals surface area contributed by atoms with Crippen LogP contribution in [-0.2, 0) is 4.79 Å². The Labute approximate surface area is 91.4 Å². The summed E-state index contributed by atoms with van der Waals surface area (Å²) in [5.41, 5.74) is 0. The molecule has 2 nitrogen and oxygen atoms in total. The van der Waals surface area contributed by atoms with E-state index in [9.17, 15) is 4.79 Å². The molecule has 0 aromatic heterocycles. The highest BCUT2D eigenvalue weighted by Gasteiger charge is 2.37. The minimum atomic E-state index is 0.148. The highest BCUT2D eigenvalue weighted by molar-refractivity contribution is 8.00. The average molecular weight is 215 g/mol. The first-order valence-corrected chi connectivity index (χ1v) is 6.42. The third kappa shape index (κ3) is 2.31. The fourth-order valence-electron chi connectivity index (χ4n) is 2.05. The van der Waals surface area contributed by atoms with Gasteiger partial charge in [0.15, 0.2) is 5.78 Å². The van der Waals surface area contributed by atoms with Gasteiger partial charge in [-0.15, -0.1) is 11.8 Å². The summed E-state index contributed by atoms with van der Waals surface area (Å²) in [7, 11) is 0. The Balaban J connectivity index is 2.74. The van der Waals surface area contributed by atoms with E-state index in [4.69, 9.17) is 0 Å². The Bertz CT molecular complexity index is 215. The molecule has 82 valence electrons. The van der Waals surface area contributed by atoms with Gasteiger partial charge in [-0.2, -0.15) is 0 Å². The Morgan fingerprint density at radius 1 is 1.36 bits per heavy atom. The molecule has 0 bridgehead atoms. The summed E-state index contributed by atoms with van der Waals surface area (Å²) in [5.74, 6) is 1.53. The van der Waals surface area contributed by atoms with E-state index < -0.39 is 0 Å². The highest BCUT2D eigenvalue weighted by Crippen LogP contribution is 2.31. The van der Waals surface area contributed by atoms with Crippen molar-refractivity contribution in [2.24, 2.45) is 5.92 Å². The molecule has 0 saturated carbocycles. The largest absolute Gasteiger partial charge is 0.298 e. The standard InChI is InChI=1S/C11H21NOS/c1-7(2)11(13)10-6-14-9(5)12(10)8(3)4/h7-10H,6H2,1-5H3. The zero-order valence-electron chi connectivity index (χ0n) is 9.78. The van der Waals surface area contributed by atoms with Crippen molar-refractivity contribution in [3.63, 3.8) is 0 Å². The predicted molar refractivity (Wildman–Crippen MR) is 62.5 cm³/mol. The van der Waals surface area contributed by atoms with Crippen molar-refractivity contribution in [2.75, 3.05) is 5.75 Å². The van der Waals surface area contributed by atoms with Crippen molar-refractivity contribution >= 4 is 17.5 Å². The summed E-state index contributed by atoms with van der Waals surface area (Å²) >= 11 is 1.89. The number of carbonyl (C=O) groups excluding carboxylic acids is 1. The second kappa shape index (κ2) is 4.67. The Kier molecular flexibility index (Phi) is 4.02. The van der Waals surface area contributed by atoms with Gasteiger partial charge in [0.2, 0.25) is 0 Å². The zero-order valence-corrected chi connectivity index (χ0v) is 10.6. The van der Waals surface area contributed by atoms with Crippen LogP contribution in [0.5, 0.6) is 0 Å². The number of hydrogen-bond acceptors (Lipinski definition) is 3. The van der Waals surface area contributed by atoms with Crippen LogP contribution in [0.2, 0.25) is 0 Å². The van der Waals surface area contributed by atoms with E-state index in [-0.39, 0.29) is 12.0 Å². The molecule has 1 aliphatic heterocycles. The first-order valence-electron chi connectivity index (χ1n) is 5.38. The van der Waals surface area contributed by atoms with E-state index in [1.807, 2.05) is 25.6 Å². The molecule has 0 radical (unpaired) electrons. The van der Waals surface area contributed by atoms with Gasteiger partial charge in [-0.05, 0) is 20.8 Å². The summed E-state index contributed by atoms with van der Waals surface area (Å²) < 4.78 is 0. The van der Waals surface area contributed by atoms with Crippen molar-refractivity contribution in [1.82, 2.24) is 4.90 Å². The van der Waals surface area contributed by atoms with E-state index in [2.05, 4.69) is 25.7 Å². The van der Waals surface area contributed by atoms with Gasteiger partial charge in [0.25, 0.3) is 0 Å². The zero-order chi connectivity index (χ0) is 10.9. The minimum absolute atomic E-state index is 0.148. The van der Waals surface area contributed by atoms with Gasteiger partial charge >= 0.3 is 0 Å². The lowest BCUT2D eigenvalue weighted by atomic mass is 10.0. The molecule has 0 aliphatic carbocycles. The lowest BCUT2D eigenvalue weighted by Crippen LogP contribution is -2.46. The van der Waals surface area contributed by atoms with Gasteiger partial charge in [-0.1, -0.05) is 13.8 Å². The molecule has 14 heavy (non-hydrogen) atoms. The quantitative estimate of drug-likeness (QED) is 0.721. The number of nitrogens with zero attached hydrogens (tertiary/aromatic N) is 1. The maximum Gasteiger partial charge on any atom is 0.153 e. The smallest absolute Gasteiger partial charge is 0.153 e. The van der Waals surface area contributed by atoms with Gasteiger partial charge in [0.1, 0.15) is 0 Å². The van der Waals surface area contributed by atoms with Crippen LogP contribution in [-0.4, -0.2) is 33.9 Å². The molecule has 0 aromatic carbocycles. The van der Waals surface area contributed by atoms with E-state index >= 15 is 0 Å². The molecule has 0 N–H and O–H groups in total. The second-order valence-corrected chi connectivity index (χ2v) is 5.90. The van der Waals surface area contributed by atoms with Crippen molar-refractivity contribution in [2.45, 2.75) is 52.1 Å². The molecule has 2 atom stereocenters. The van der Waals surface area contributed by atoms with Crippen LogP contribution < -0.4 is 0 Å². The fraction of sp³-hybridized carbons (Fsp3) is 0.909. The number of rotatable bonds is 3. The third-order valence-electron chi connectivity index (χ3n) is 2.77. The molecule has 0 aromatic rings. The molecule has 1 aliphatic rings. The Hall–Kier alpha value is -0.0200. The molecule has 1 saturated heterocycles. The normalized spacial score (nSPS) is 29.1. The SMILES string of the molecule is CC(C)C(=O)C1CSC(C)N1C(C)C. The van der Waals surface area contributed by atoms with Crippen molar-refractivity contribution in [3.05, 3.63) is 0 Å². The van der Waals surface area contributed by atoms with Crippen LogP contribution in [0.1, 0.15) is 34.6 Å². The summed E-state index contributed by atoms with van der Waals surface area (Å²) in [6.45, 7) is 10.5. The van der Waals surface area contributed by atoms with Crippen LogP contribution in [0.4, 0.5) is 0 Å². The summed E-state index contributed by atoms with van der Waals surface area (Å²) in [6, 6.07) is 0.614. The second-order valence-electron chi connectivity index (χ2n) is 4.55. The molecule has 0 amide bonds. The van der Waals surface area contributed by atoms with E-state index in [1.54, 1.807) is 0 Å².